The van der Waals surface area contributed by atoms with Crippen molar-refractivity contribution in [1.82, 2.24) is 14.9 Å². The predicted octanol–water partition coefficient (Wildman–Crippen LogP) is 4.47. The van der Waals surface area contributed by atoms with Crippen molar-refractivity contribution in [2.24, 2.45) is 0 Å². The summed E-state index contributed by atoms with van der Waals surface area (Å²) in [5.41, 5.74) is 3.83. The SMILES string of the molecule is O=C(NCCCC(Cc1ccccc1)n1c(=O)cc(Nc2ccc3c(c2)CCC3)[nH]c1=O)c1ccccc1O. The van der Waals surface area contributed by atoms with E-state index in [1.807, 2.05) is 36.4 Å². The molecule has 8 heteroatoms. The van der Waals surface area contributed by atoms with E-state index >= 15 is 0 Å². The third-order valence-electron chi connectivity index (χ3n) is 7.17. The van der Waals surface area contributed by atoms with E-state index in [1.165, 1.54) is 27.8 Å². The third kappa shape index (κ3) is 6.29. The van der Waals surface area contributed by atoms with Crippen molar-refractivity contribution in [2.45, 2.75) is 44.6 Å². The Morgan fingerprint density at radius 1 is 0.949 bits per heavy atom. The Kier molecular flexibility index (Phi) is 7.91. The van der Waals surface area contributed by atoms with E-state index in [2.05, 4.69) is 27.8 Å². The van der Waals surface area contributed by atoms with Crippen molar-refractivity contribution in [3.63, 3.8) is 0 Å². The molecule has 39 heavy (non-hydrogen) atoms. The Hall–Kier alpha value is -4.59. The van der Waals surface area contributed by atoms with Gasteiger partial charge in [-0.15, -0.1) is 0 Å². The van der Waals surface area contributed by atoms with Crippen LogP contribution >= 0.6 is 0 Å². The van der Waals surface area contributed by atoms with Crippen LogP contribution in [0.1, 0.15) is 52.4 Å². The normalized spacial score (nSPS) is 13.0. The lowest BCUT2D eigenvalue weighted by molar-refractivity contribution is 0.0949. The second-order valence-electron chi connectivity index (χ2n) is 9.92. The fourth-order valence-electron chi connectivity index (χ4n) is 5.23. The van der Waals surface area contributed by atoms with Crippen molar-refractivity contribution >= 4 is 17.4 Å². The number of anilines is 2. The summed E-state index contributed by atoms with van der Waals surface area (Å²) in [5, 5.41) is 15.9. The number of nitrogens with one attached hydrogen (secondary N) is 3. The number of hydrogen-bond donors (Lipinski definition) is 4. The predicted molar refractivity (Wildman–Crippen MR) is 152 cm³/mol. The van der Waals surface area contributed by atoms with Gasteiger partial charge >= 0.3 is 5.69 Å². The second kappa shape index (κ2) is 11.9. The minimum atomic E-state index is -0.481. The van der Waals surface area contributed by atoms with Crippen LogP contribution in [0.25, 0.3) is 0 Å². The number of H-pyrrole nitrogens is 1. The summed E-state index contributed by atoms with van der Waals surface area (Å²) in [6.07, 6.45) is 4.80. The van der Waals surface area contributed by atoms with Gasteiger partial charge in [-0.25, -0.2) is 4.79 Å². The van der Waals surface area contributed by atoms with Crippen molar-refractivity contribution in [2.75, 3.05) is 11.9 Å². The van der Waals surface area contributed by atoms with E-state index < -0.39 is 11.7 Å². The molecule has 1 amide bonds. The molecular weight excluding hydrogens is 492 g/mol. The lowest BCUT2D eigenvalue weighted by atomic mass is 10.0. The van der Waals surface area contributed by atoms with Crippen molar-refractivity contribution in [3.05, 3.63) is 122 Å². The van der Waals surface area contributed by atoms with Gasteiger partial charge < -0.3 is 15.7 Å². The molecule has 4 aromatic rings. The number of benzene rings is 3. The Labute approximate surface area is 226 Å². The van der Waals surface area contributed by atoms with Crippen LogP contribution in [0.15, 0.2) is 88.5 Å². The fraction of sp³-hybridized carbons (Fsp3) is 0.258. The van der Waals surface area contributed by atoms with E-state index in [1.54, 1.807) is 18.2 Å². The van der Waals surface area contributed by atoms with Gasteiger partial charge in [0.05, 0.1) is 5.56 Å². The standard InChI is InChI=1S/C31H32N4O4/c36-27-14-5-4-13-26(27)30(38)32-17-7-12-25(18-21-8-2-1-3-9-21)35-29(37)20-28(34-31(35)39)33-24-16-15-22-10-6-11-23(22)19-24/h1-5,8-9,13-16,19-20,25,33,36H,6-7,10-12,17-18H2,(H,32,38)(H,34,39). The first-order chi connectivity index (χ1) is 19.0. The minimum Gasteiger partial charge on any atom is -0.507 e. The molecule has 0 spiro atoms. The molecule has 8 nitrogen and oxygen atoms in total. The summed E-state index contributed by atoms with van der Waals surface area (Å²) in [6, 6.07) is 23.2. The Morgan fingerprint density at radius 3 is 2.51 bits per heavy atom. The molecule has 1 aliphatic rings. The van der Waals surface area contributed by atoms with Crippen LogP contribution in [0.4, 0.5) is 11.5 Å². The topological polar surface area (TPSA) is 116 Å². The number of phenolic OH excluding ortho intramolecular Hbond substituents is 1. The van der Waals surface area contributed by atoms with Gasteiger partial charge in [-0.2, -0.15) is 0 Å². The number of amides is 1. The molecule has 0 aliphatic heterocycles. The summed E-state index contributed by atoms with van der Waals surface area (Å²) in [5.74, 6) is -0.0964. The average molecular weight is 525 g/mol. The maximum atomic E-state index is 13.2. The summed E-state index contributed by atoms with van der Waals surface area (Å²) < 4.78 is 1.27. The molecule has 0 saturated heterocycles. The first kappa shape index (κ1) is 26.0. The first-order valence-corrected chi connectivity index (χ1v) is 13.3. The van der Waals surface area contributed by atoms with Gasteiger partial charge in [-0.1, -0.05) is 48.5 Å². The maximum absolute atomic E-state index is 13.2. The van der Waals surface area contributed by atoms with E-state index in [9.17, 15) is 19.5 Å². The van der Waals surface area contributed by atoms with Crippen LogP contribution in [-0.2, 0) is 19.3 Å². The highest BCUT2D eigenvalue weighted by atomic mass is 16.3. The first-order valence-electron chi connectivity index (χ1n) is 13.3. The number of rotatable bonds is 10. The number of carbonyl (C=O) groups excluding carboxylic acids is 1. The molecule has 0 radical (unpaired) electrons. The van der Waals surface area contributed by atoms with E-state index in [4.69, 9.17) is 0 Å². The van der Waals surface area contributed by atoms with E-state index in [0.29, 0.717) is 31.6 Å². The highest BCUT2D eigenvalue weighted by Crippen LogP contribution is 2.26. The van der Waals surface area contributed by atoms with Crippen LogP contribution in [0, 0.1) is 0 Å². The van der Waals surface area contributed by atoms with Crippen LogP contribution in [0.5, 0.6) is 5.75 Å². The molecule has 0 fully saturated rings. The van der Waals surface area contributed by atoms with Crippen LogP contribution in [0.3, 0.4) is 0 Å². The van der Waals surface area contributed by atoms with Gasteiger partial charge in [0.25, 0.3) is 11.5 Å². The highest BCUT2D eigenvalue weighted by Gasteiger charge is 2.18. The van der Waals surface area contributed by atoms with Gasteiger partial charge in [0.1, 0.15) is 11.6 Å². The number of nitrogens with zero attached hydrogens (tertiary/aromatic N) is 1. The molecular formula is C31H32N4O4. The molecule has 5 rings (SSSR count). The molecule has 0 bridgehead atoms. The third-order valence-corrected chi connectivity index (χ3v) is 7.17. The number of aromatic nitrogens is 2. The number of carbonyl (C=O) groups is 1. The number of hydrogen-bond acceptors (Lipinski definition) is 5. The van der Waals surface area contributed by atoms with Gasteiger partial charge in [-0.3, -0.25) is 19.1 Å². The lowest BCUT2D eigenvalue weighted by Gasteiger charge is -2.20. The summed E-state index contributed by atoms with van der Waals surface area (Å²) in [6.45, 7) is 0.336. The van der Waals surface area contributed by atoms with Gasteiger partial charge in [0, 0.05) is 24.3 Å². The quantitative estimate of drug-likeness (QED) is 0.229. The zero-order chi connectivity index (χ0) is 27.2. The molecule has 1 unspecified atom stereocenters. The minimum absolute atomic E-state index is 0.0800. The Balaban J connectivity index is 1.31. The van der Waals surface area contributed by atoms with E-state index in [-0.39, 0.29) is 22.8 Å². The van der Waals surface area contributed by atoms with Crippen molar-refractivity contribution < 1.29 is 9.90 Å². The van der Waals surface area contributed by atoms with Crippen LogP contribution in [0.2, 0.25) is 0 Å². The smallest absolute Gasteiger partial charge is 0.330 e. The molecule has 1 aliphatic carbocycles. The second-order valence-corrected chi connectivity index (χ2v) is 9.92. The largest absolute Gasteiger partial charge is 0.507 e. The molecule has 200 valence electrons. The Morgan fingerprint density at radius 2 is 1.72 bits per heavy atom. The number of fused-ring (bicyclic) bond motifs is 1. The van der Waals surface area contributed by atoms with Gasteiger partial charge in [0.15, 0.2) is 0 Å². The summed E-state index contributed by atoms with van der Waals surface area (Å²) in [7, 11) is 0. The molecule has 1 atom stereocenters. The monoisotopic (exact) mass is 524 g/mol. The fourth-order valence-corrected chi connectivity index (χ4v) is 5.23. The molecule has 0 saturated carbocycles. The zero-order valence-electron chi connectivity index (χ0n) is 21.7. The molecule has 4 N–H and O–H groups in total. The lowest BCUT2D eigenvalue weighted by Crippen LogP contribution is -2.39. The number of aromatic hydroxyl groups is 1. The number of aromatic amines is 1. The van der Waals surface area contributed by atoms with E-state index in [0.717, 1.165) is 30.5 Å². The maximum Gasteiger partial charge on any atom is 0.330 e. The number of phenols is 1. The number of para-hydroxylation sites is 1. The zero-order valence-corrected chi connectivity index (χ0v) is 21.7. The molecule has 1 aromatic heterocycles. The van der Waals surface area contributed by atoms with Crippen molar-refractivity contribution in [1.29, 1.82) is 0 Å². The van der Waals surface area contributed by atoms with Gasteiger partial charge in [0.2, 0.25) is 0 Å². The van der Waals surface area contributed by atoms with Crippen LogP contribution in [-0.4, -0.2) is 27.1 Å². The average Bonchev–Trinajstić information content (AvgIpc) is 3.39. The Bertz CT molecular complexity index is 1540. The summed E-state index contributed by atoms with van der Waals surface area (Å²) >= 11 is 0. The highest BCUT2D eigenvalue weighted by molar-refractivity contribution is 5.96. The van der Waals surface area contributed by atoms with Gasteiger partial charge in [-0.05, 0) is 79.5 Å². The molecule has 3 aromatic carbocycles. The number of aryl methyl sites for hydroxylation is 2. The van der Waals surface area contributed by atoms with Crippen molar-refractivity contribution in [3.8, 4) is 5.75 Å². The van der Waals surface area contributed by atoms with Crippen LogP contribution < -0.4 is 21.9 Å². The summed E-state index contributed by atoms with van der Waals surface area (Å²) in [4.78, 5) is 41.7. The molecule has 1 heterocycles.